The third-order valence-electron chi connectivity index (χ3n) is 9.43. The van der Waals surface area contributed by atoms with Crippen molar-refractivity contribution in [3.05, 3.63) is 23.8 Å². The number of carbonyl (C=O) groups excluding carboxylic acids is 2. The van der Waals surface area contributed by atoms with Crippen LogP contribution in [-0.4, -0.2) is 52.4 Å². The molecule has 7 nitrogen and oxygen atoms in total. The average Bonchev–Trinajstić information content (AvgIpc) is 3.38. The second-order valence-corrected chi connectivity index (χ2v) is 10.6. The summed E-state index contributed by atoms with van der Waals surface area (Å²) < 4.78 is 11.7. The number of fused-ring (bicyclic) bond motifs is 3. The van der Waals surface area contributed by atoms with Crippen molar-refractivity contribution in [3.8, 4) is 0 Å². The van der Waals surface area contributed by atoms with Gasteiger partial charge in [-0.25, -0.2) is 0 Å². The number of hydrogen-bond acceptors (Lipinski definition) is 6. The van der Waals surface area contributed by atoms with Crippen molar-refractivity contribution >= 4 is 17.7 Å². The van der Waals surface area contributed by atoms with Crippen LogP contribution in [0.3, 0.4) is 0 Å². The fraction of sp³-hybridized carbons (Fsp3) is 0.708. The molecule has 1 aliphatic heterocycles. The molecule has 1 saturated heterocycles. The second kappa shape index (κ2) is 6.29. The van der Waals surface area contributed by atoms with E-state index in [0.717, 1.165) is 5.57 Å². The largest absolute Gasteiger partial charge is 0.481 e. The van der Waals surface area contributed by atoms with Gasteiger partial charge >= 0.3 is 11.9 Å². The normalized spacial score (nSPS) is 49.3. The Kier molecular flexibility index (Phi) is 4.24. The zero-order valence-electron chi connectivity index (χ0n) is 18.2. The fourth-order valence-electron chi connectivity index (χ4n) is 7.63. The molecule has 168 valence electrons. The van der Waals surface area contributed by atoms with E-state index >= 15 is 0 Å². The summed E-state index contributed by atoms with van der Waals surface area (Å²) in [7, 11) is 1.38. The molecule has 2 saturated carbocycles. The molecule has 0 bridgehead atoms. The summed E-state index contributed by atoms with van der Waals surface area (Å²) in [5.41, 5.74) is -1.83. The van der Waals surface area contributed by atoms with E-state index < -0.39 is 28.5 Å². The van der Waals surface area contributed by atoms with E-state index in [2.05, 4.69) is 6.92 Å². The number of esters is 1. The van der Waals surface area contributed by atoms with Gasteiger partial charge in [0.25, 0.3) is 0 Å². The number of rotatable bonds is 4. The zero-order chi connectivity index (χ0) is 22.4. The Morgan fingerprint density at radius 3 is 2.74 bits per heavy atom. The first kappa shape index (κ1) is 20.9. The number of allylic oxidation sites excluding steroid dienone is 2. The molecule has 7 heteroatoms. The van der Waals surface area contributed by atoms with Gasteiger partial charge in [-0.2, -0.15) is 0 Å². The molecule has 0 aromatic carbocycles. The maximum atomic E-state index is 13.0. The predicted octanol–water partition coefficient (Wildman–Crippen LogP) is 2.42. The zero-order valence-corrected chi connectivity index (χ0v) is 18.2. The summed E-state index contributed by atoms with van der Waals surface area (Å²) in [6, 6.07) is 0. The molecule has 3 fully saturated rings. The highest BCUT2D eigenvalue weighted by Crippen LogP contribution is 2.76. The van der Waals surface area contributed by atoms with Crippen molar-refractivity contribution in [3.63, 3.8) is 0 Å². The van der Waals surface area contributed by atoms with Gasteiger partial charge in [0.05, 0.1) is 24.7 Å². The molecule has 2 unspecified atom stereocenters. The lowest BCUT2D eigenvalue weighted by atomic mass is 9.43. The lowest BCUT2D eigenvalue weighted by Gasteiger charge is -2.58. The maximum absolute atomic E-state index is 13.0. The Morgan fingerprint density at radius 1 is 1.32 bits per heavy atom. The average molecular weight is 430 g/mol. The van der Waals surface area contributed by atoms with Gasteiger partial charge in [0.15, 0.2) is 5.78 Å². The lowest BCUT2D eigenvalue weighted by Crippen LogP contribution is -2.63. The fourth-order valence-corrected chi connectivity index (χ4v) is 7.63. The van der Waals surface area contributed by atoms with E-state index in [9.17, 15) is 24.6 Å². The van der Waals surface area contributed by atoms with E-state index in [1.807, 2.05) is 13.0 Å². The number of epoxide rings is 1. The summed E-state index contributed by atoms with van der Waals surface area (Å²) >= 11 is 0. The molecule has 31 heavy (non-hydrogen) atoms. The molecule has 2 N–H and O–H groups in total. The molecule has 0 radical (unpaired) electrons. The van der Waals surface area contributed by atoms with Gasteiger partial charge in [-0.1, -0.05) is 31.6 Å². The first-order valence-corrected chi connectivity index (χ1v) is 11.2. The van der Waals surface area contributed by atoms with Gasteiger partial charge in [0.2, 0.25) is 0 Å². The summed E-state index contributed by atoms with van der Waals surface area (Å²) in [6.07, 6.45) is 7.49. The number of hydrogen-bond donors (Lipinski definition) is 2. The van der Waals surface area contributed by atoms with Crippen LogP contribution in [0.2, 0.25) is 0 Å². The summed E-state index contributed by atoms with van der Waals surface area (Å²) in [4.78, 5) is 36.4. The van der Waals surface area contributed by atoms with Crippen LogP contribution in [0.15, 0.2) is 23.8 Å². The monoisotopic (exact) mass is 430 g/mol. The number of aliphatic carboxylic acids is 1. The van der Waals surface area contributed by atoms with Crippen molar-refractivity contribution in [2.45, 2.75) is 69.7 Å². The molecular weight excluding hydrogens is 400 g/mol. The minimum Gasteiger partial charge on any atom is -0.481 e. The molecule has 4 aliphatic carbocycles. The standard InChI is InChI=1S/C24H30O7/c1-21-7-4-14(25)10-13(21)11-15(20(28)30-3)19-16-5-8-23(29,9-6-18(26)27)22(16,2)12-17-24(19,21)31-17/h5,8,10,15-17,19,29H,4,6-7,9,11-12H2,1-3H3,(H,26,27)/t15-,16?,17-,19?,21+,22+,23-,24-/m1/s1. The second-order valence-electron chi connectivity index (χ2n) is 10.6. The van der Waals surface area contributed by atoms with Crippen LogP contribution in [-0.2, 0) is 23.9 Å². The van der Waals surface area contributed by atoms with Gasteiger partial charge in [-0.15, -0.1) is 0 Å². The number of methoxy groups -OCH3 is 1. The lowest BCUT2D eigenvalue weighted by molar-refractivity contribution is -0.161. The molecule has 0 aromatic heterocycles. The van der Waals surface area contributed by atoms with Crippen molar-refractivity contribution < 1.29 is 34.1 Å². The number of aliphatic hydroxyl groups is 1. The molecular formula is C24H30O7. The van der Waals surface area contributed by atoms with E-state index in [1.54, 1.807) is 12.2 Å². The van der Waals surface area contributed by atoms with Gasteiger partial charge in [-0.05, 0) is 37.7 Å². The SMILES string of the molecule is COC(=O)[C@@H]1CC2=CC(=O)CC[C@]2(C)[C@@]23O[C@@H]2C[C@@]2(C)C(C=C[C@@]2(O)CCC(=O)O)C13. The van der Waals surface area contributed by atoms with E-state index in [-0.39, 0.29) is 47.9 Å². The number of carboxylic acid groups (broad SMARTS) is 1. The Bertz CT molecular complexity index is 936. The van der Waals surface area contributed by atoms with Crippen molar-refractivity contribution in [1.82, 2.24) is 0 Å². The molecule has 5 rings (SSSR count). The smallest absolute Gasteiger partial charge is 0.309 e. The van der Waals surface area contributed by atoms with Crippen LogP contribution < -0.4 is 0 Å². The number of carbonyl (C=O) groups is 3. The third-order valence-corrected chi connectivity index (χ3v) is 9.43. The van der Waals surface area contributed by atoms with Gasteiger partial charge in [-0.3, -0.25) is 14.4 Å². The van der Waals surface area contributed by atoms with E-state index in [4.69, 9.17) is 9.47 Å². The van der Waals surface area contributed by atoms with Crippen molar-refractivity contribution in [2.75, 3.05) is 7.11 Å². The topological polar surface area (TPSA) is 113 Å². The summed E-state index contributed by atoms with van der Waals surface area (Å²) in [5.74, 6) is -2.00. The Morgan fingerprint density at radius 2 is 2.06 bits per heavy atom. The van der Waals surface area contributed by atoms with E-state index in [0.29, 0.717) is 25.7 Å². The van der Waals surface area contributed by atoms with Gasteiger partial charge in [0.1, 0.15) is 5.60 Å². The van der Waals surface area contributed by atoms with Crippen LogP contribution in [0.1, 0.15) is 52.4 Å². The highest BCUT2D eigenvalue weighted by atomic mass is 16.6. The summed E-state index contributed by atoms with van der Waals surface area (Å²) in [6.45, 7) is 4.15. The summed E-state index contributed by atoms with van der Waals surface area (Å²) in [5, 5.41) is 20.7. The third kappa shape index (κ3) is 2.45. The highest BCUT2D eigenvalue weighted by Gasteiger charge is 2.82. The quantitative estimate of drug-likeness (QED) is 0.400. The molecule has 5 aliphatic rings. The molecule has 0 amide bonds. The minimum absolute atomic E-state index is 0.0904. The van der Waals surface area contributed by atoms with Crippen LogP contribution in [0.25, 0.3) is 0 Å². The molecule has 1 spiro atoms. The van der Waals surface area contributed by atoms with Crippen LogP contribution in [0.5, 0.6) is 0 Å². The van der Waals surface area contributed by atoms with E-state index in [1.165, 1.54) is 7.11 Å². The van der Waals surface area contributed by atoms with Gasteiger partial charge < -0.3 is 19.7 Å². The number of carboxylic acids is 1. The number of ether oxygens (including phenoxy) is 2. The number of ketones is 1. The van der Waals surface area contributed by atoms with Crippen LogP contribution in [0.4, 0.5) is 0 Å². The predicted molar refractivity (Wildman–Crippen MR) is 109 cm³/mol. The van der Waals surface area contributed by atoms with Crippen molar-refractivity contribution in [1.29, 1.82) is 0 Å². The molecule has 0 aromatic rings. The highest BCUT2D eigenvalue weighted by molar-refractivity contribution is 5.92. The van der Waals surface area contributed by atoms with Crippen molar-refractivity contribution in [2.24, 2.45) is 28.6 Å². The Hall–Kier alpha value is -1.99. The van der Waals surface area contributed by atoms with Crippen LogP contribution >= 0.6 is 0 Å². The Balaban J connectivity index is 1.60. The first-order chi connectivity index (χ1) is 14.5. The van der Waals surface area contributed by atoms with Crippen LogP contribution in [0, 0.1) is 28.6 Å². The first-order valence-electron chi connectivity index (χ1n) is 11.2. The maximum Gasteiger partial charge on any atom is 0.309 e. The molecule has 1 heterocycles. The molecule has 8 atom stereocenters. The minimum atomic E-state index is -1.27. The Labute approximate surface area is 181 Å². The van der Waals surface area contributed by atoms with Gasteiger partial charge in [0, 0.05) is 29.6 Å².